The molecule has 2 rings (SSSR count). The molecule has 2 aromatic rings. The average molecular weight is 324 g/mol. The second-order valence-corrected chi connectivity index (χ2v) is 7.16. The quantitative estimate of drug-likeness (QED) is 0.858. The minimum absolute atomic E-state index is 0.0993. The Labute approximate surface area is 128 Å². The number of carbonyl (C=O) groups excluding carboxylic acids is 1. The van der Waals surface area contributed by atoms with E-state index in [-0.39, 0.29) is 5.91 Å². The molecule has 0 saturated carbocycles. The zero-order valence-electron chi connectivity index (χ0n) is 11.5. The maximum atomic E-state index is 11.9. The van der Waals surface area contributed by atoms with Gasteiger partial charge in [-0.15, -0.1) is 0 Å². The molecule has 0 aliphatic heterocycles. The third-order valence-electron chi connectivity index (χ3n) is 2.67. The van der Waals surface area contributed by atoms with Gasteiger partial charge in [-0.2, -0.15) is 11.3 Å². The summed E-state index contributed by atoms with van der Waals surface area (Å²) in [7, 11) is -3.32. The van der Waals surface area contributed by atoms with E-state index in [0.717, 1.165) is 11.8 Å². The van der Waals surface area contributed by atoms with Crippen molar-refractivity contribution in [1.82, 2.24) is 0 Å². The van der Waals surface area contributed by atoms with E-state index in [1.165, 1.54) is 0 Å². The van der Waals surface area contributed by atoms with Gasteiger partial charge in [0.2, 0.25) is 15.9 Å². The molecule has 0 radical (unpaired) electrons. The van der Waals surface area contributed by atoms with Gasteiger partial charge in [0, 0.05) is 12.1 Å². The number of carbonyl (C=O) groups is 1. The number of rotatable bonds is 6. The summed E-state index contributed by atoms with van der Waals surface area (Å²) in [5, 5.41) is 6.76. The van der Waals surface area contributed by atoms with E-state index in [0.29, 0.717) is 24.2 Å². The summed E-state index contributed by atoms with van der Waals surface area (Å²) >= 11 is 1.61. The first-order chi connectivity index (χ1) is 9.92. The van der Waals surface area contributed by atoms with Crippen LogP contribution in [0.1, 0.15) is 12.0 Å². The van der Waals surface area contributed by atoms with Crippen LogP contribution in [0.3, 0.4) is 0 Å². The lowest BCUT2D eigenvalue weighted by molar-refractivity contribution is -0.116. The number of aryl methyl sites for hydroxylation is 1. The fourth-order valence-corrected chi connectivity index (χ4v) is 3.05. The number of amides is 1. The molecule has 112 valence electrons. The second-order valence-electron chi connectivity index (χ2n) is 4.63. The van der Waals surface area contributed by atoms with E-state index in [4.69, 9.17) is 0 Å². The lowest BCUT2D eigenvalue weighted by Gasteiger charge is -2.08. The molecule has 1 amide bonds. The van der Waals surface area contributed by atoms with Crippen molar-refractivity contribution < 1.29 is 13.2 Å². The highest BCUT2D eigenvalue weighted by molar-refractivity contribution is 7.92. The summed E-state index contributed by atoms with van der Waals surface area (Å²) < 4.78 is 24.7. The average Bonchev–Trinajstić information content (AvgIpc) is 2.87. The Morgan fingerprint density at radius 1 is 1.24 bits per heavy atom. The molecular weight excluding hydrogens is 308 g/mol. The molecule has 0 atom stereocenters. The summed E-state index contributed by atoms with van der Waals surface area (Å²) in [6, 6.07) is 8.61. The fourth-order valence-electron chi connectivity index (χ4n) is 1.79. The third-order valence-corrected chi connectivity index (χ3v) is 4.01. The van der Waals surface area contributed by atoms with Crippen molar-refractivity contribution in [2.45, 2.75) is 12.8 Å². The van der Waals surface area contributed by atoms with Crippen LogP contribution >= 0.6 is 11.3 Å². The number of hydrogen-bond donors (Lipinski definition) is 2. The fraction of sp³-hybridized carbons (Fsp3) is 0.214. The standard InChI is InChI=1S/C14H16N2O3S2/c1-21(18,19)16-13-4-2-3-12(9-13)15-14(17)6-5-11-7-8-20-10-11/h2-4,7-10,16H,5-6H2,1H3,(H,15,17). The monoisotopic (exact) mass is 324 g/mol. The van der Waals surface area contributed by atoms with Gasteiger partial charge < -0.3 is 5.32 Å². The number of thiophene rings is 1. The summed E-state index contributed by atoms with van der Waals surface area (Å²) in [6.07, 6.45) is 2.16. The van der Waals surface area contributed by atoms with Gasteiger partial charge in [-0.3, -0.25) is 9.52 Å². The molecule has 5 nitrogen and oxygen atoms in total. The Balaban J connectivity index is 1.93. The van der Waals surface area contributed by atoms with E-state index < -0.39 is 10.0 Å². The molecule has 1 aromatic heterocycles. The maximum absolute atomic E-state index is 11.9. The van der Waals surface area contributed by atoms with Crippen molar-refractivity contribution in [2.75, 3.05) is 16.3 Å². The molecule has 21 heavy (non-hydrogen) atoms. The van der Waals surface area contributed by atoms with Crippen LogP contribution in [-0.2, 0) is 21.2 Å². The van der Waals surface area contributed by atoms with Crippen LogP contribution in [0.15, 0.2) is 41.1 Å². The van der Waals surface area contributed by atoms with Gasteiger partial charge >= 0.3 is 0 Å². The van der Waals surface area contributed by atoms with Gasteiger partial charge in [0.25, 0.3) is 0 Å². The van der Waals surface area contributed by atoms with Crippen molar-refractivity contribution >= 4 is 38.6 Å². The van der Waals surface area contributed by atoms with E-state index in [1.807, 2.05) is 16.8 Å². The number of benzene rings is 1. The first-order valence-electron chi connectivity index (χ1n) is 6.31. The number of anilines is 2. The first-order valence-corrected chi connectivity index (χ1v) is 9.14. The van der Waals surface area contributed by atoms with Crippen molar-refractivity contribution in [1.29, 1.82) is 0 Å². The topological polar surface area (TPSA) is 75.3 Å². The Morgan fingerprint density at radius 3 is 2.67 bits per heavy atom. The van der Waals surface area contributed by atoms with E-state index >= 15 is 0 Å². The molecule has 0 spiro atoms. The van der Waals surface area contributed by atoms with Crippen LogP contribution in [0.4, 0.5) is 11.4 Å². The summed E-state index contributed by atoms with van der Waals surface area (Å²) in [6.45, 7) is 0. The van der Waals surface area contributed by atoms with Crippen molar-refractivity contribution in [3.63, 3.8) is 0 Å². The number of nitrogens with one attached hydrogen (secondary N) is 2. The molecule has 0 saturated heterocycles. The highest BCUT2D eigenvalue weighted by Gasteiger charge is 2.06. The Morgan fingerprint density at radius 2 is 2.00 bits per heavy atom. The smallest absolute Gasteiger partial charge is 0.229 e. The van der Waals surface area contributed by atoms with Gasteiger partial charge in [0.1, 0.15) is 0 Å². The van der Waals surface area contributed by atoms with Gasteiger partial charge in [-0.1, -0.05) is 6.07 Å². The molecule has 7 heteroatoms. The van der Waals surface area contributed by atoms with Crippen LogP contribution in [0.2, 0.25) is 0 Å². The van der Waals surface area contributed by atoms with E-state index in [1.54, 1.807) is 35.6 Å². The van der Waals surface area contributed by atoms with Crippen LogP contribution in [0.25, 0.3) is 0 Å². The van der Waals surface area contributed by atoms with Gasteiger partial charge in [0.15, 0.2) is 0 Å². The summed E-state index contributed by atoms with van der Waals surface area (Å²) in [4.78, 5) is 11.9. The van der Waals surface area contributed by atoms with Crippen LogP contribution in [0.5, 0.6) is 0 Å². The van der Waals surface area contributed by atoms with Gasteiger partial charge in [0.05, 0.1) is 11.9 Å². The van der Waals surface area contributed by atoms with Gasteiger partial charge in [-0.05, 0) is 47.0 Å². The first kappa shape index (κ1) is 15.5. The highest BCUT2D eigenvalue weighted by Crippen LogP contribution is 2.16. The van der Waals surface area contributed by atoms with Crippen LogP contribution < -0.4 is 10.0 Å². The lowest BCUT2D eigenvalue weighted by atomic mass is 10.2. The SMILES string of the molecule is CS(=O)(=O)Nc1cccc(NC(=O)CCc2ccsc2)c1. The molecule has 1 aromatic carbocycles. The van der Waals surface area contributed by atoms with Crippen LogP contribution in [0, 0.1) is 0 Å². The number of sulfonamides is 1. The van der Waals surface area contributed by atoms with Crippen molar-refractivity contribution in [3.05, 3.63) is 46.7 Å². The lowest BCUT2D eigenvalue weighted by Crippen LogP contribution is -2.13. The third kappa shape index (κ3) is 5.57. The Hall–Kier alpha value is -1.86. The molecule has 1 heterocycles. The molecule has 0 aliphatic carbocycles. The summed E-state index contributed by atoms with van der Waals surface area (Å²) in [5.74, 6) is -0.0993. The molecule has 0 unspecified atom stereocenters. The normalized spacial score (nSPS) is 11.1. The van der Waals surface area contributed by atoms with Crippen molar-refractivity contribution in [2.24, 2.45) is 0 Å². The molecule has 0 fully saturated rings. The Kier molecular flexibility index (Phi) is 4.98. The minimum atomic E-state index is -3.32. The van der Waals surface area contributed by atoms with Gasteiger partial charge in [-0.25, -0.2) is 8.42 Å². The largest absolute Gasteiger partial charge is 0.326 e. The number of hydrogen-bond acceptors (Lipinski definition) is 4. The van der Waals surface area contributed by atoms with E-state index in [9.17, 15) is 13.2 Å². The predicted octanol–water partition coefficient (Wildman–Crippen LogP) is 2.69. The highest BCUT2D eigenvalue weighted by atomic mass is 32.2. The molecule has 2 N–H and O–H groups in total. The zero-order chi connectivity index (χ0) is 15.3. The molecule has 0 aliphatic rings. The van der Waals surface area contributed by atoms with E-state index in [2.05, 4.69) is 10.0 Å². The summed E-state index contributed by atoms with van der Waals surface area (Å²) in [5.41, 5.74) is 2.13. The Bertz CT molecular complexity index is 710. The molecular formula is C14H16N2O3S2. The second kappa shape index (κ2) is 6.73. The molecule has 0 bridgehead atoms. The van der Waals surface area contributed by atoms with Crippen molar-refractivity contribution in [3.8, 4) is 0 Å². The van der Waals surface area contributed by atoms with Crippen LogP contribution in [-0.4, -0.2) is 20.6 Å². The zero-order valence-corrected chi connectivity index (χ0v) is 13.1. The predicted molar refractivity (Wildman–Crippen MR) is 86.2 cm³/mol. The maximum Gasteiger partial charge on any atom is 0.229 e. The minimum Gasteiger partial charge on any atom is -0.326 e.